The van der Waals surface area contributed by atoms with Gasteiger partial charge in [0.05, 0.1) is 11.8 Å². The number of amides is 1. The van der Waals surface area contributed by atoms with Crippen LogP contribution in [-0.4, -0.2) is 64.3 Å². The molecule has 1 amide bonds. The molecule has 1 aliphatic carbocycles. The number of piperazine rings is 1. The summed E-state index contributed by atoms with van der Waals surface area (Å²) < 4.78 is 5.03. The molecule has 1 saturated heterocycles. The van der Waals surface area contributed by atoms with E-state index in [0.717, 1.165) is 38.0 Å². The smallest absolute Gasteiger partial charge is 0.292 e. The van der Waals surface area contributed by atoms with Gasteiger partial charge in [0.25, 0.3) is 5.91 Å². The van der Waals surface area contributed by atoms with Crippen LogP contribution in [0.3, 0.4) is 0 Å². The molecule has 0 bridgehead atoms. The maximum Gasteiger partial charge on any atom is 0.292 e. The largest absolute Gasteiger partial charge is 0.391 e. The number of aliphatic hydroxyl groups excluding tert-OH is 1. The first-order valence-electron chi connectivity index (χ1n) is 7.30. The lowest BCUT2D eigenvalue weighted by atomic mass is 10.1. The molecule has 1 N–H and O–H groups in total. The summed E-state index contributed by atoms with van der Waals surface area (Å²) in [6, 6.07) is 1.95. The van der Waals surface area contributed by atoms with Crippen LogP contribution >= 0.6 is 0 Å². The highest BCUT2D eigenvalue weighted by Crippen LogP contribution is 2.25. The van der Waals surface area contributed by atoms with Crippen LogP contribution in [0.25, 0.3) is 0 Å². The lowest BCUT2D eigenvalue weighted by Gasteiger charge is -2.38. The number of aromatic nitrogens is 1. The average molecular weight is 279 g/mol. The fourth-order valence-electron chi connectivity index (χ4n) is 3.22. The van der Waals surface area contributed by atoms with Gasteiger partial charge in [-0.25, -0.2) is 0 Å². The topological polar surface area (TPSA) is 69.8 Å². The van der Waals surface area contributed by atoms with Gasteiger partial charge in [-0.2, -0.15) is 0 Å². The molecule has 1 aromatic rings. The fraction of sp³-hybridized carbons (Fsp3) is 0.714. The molecule has 0 unspecified atom stereocenters. The average Bonchev–Trinajstić information content (AvgIpc) is 3.07. The molecule has 6 nitrogen and oxygen atoms in total. The molecule has 0 aromatic carbocycles. The van der Waals surface area contributed by atoms with Crippen molar-refractivity contribution >= 4 is 5.91 Å². The Morgan fingerprint density at radius 3 is 2.65 bits per heavy atom. The van der Waals surface area contributed by atoms with Crippen molar-refractivity contribution in [2.24, 2.45) is 0 Å². The number of aryl methyl sites for hydroxylation is 1. The van der Waals surface area contributed by atoms with Crippen LogP contribution in [-0.2, 0) is 0 Å². The lowest BCUT2D eigenvalue weighted by molar-refractivity contribution is 0.0298. The maximum atomic E-state index is 12.2. The fourth-order valence-corrected chi connectivity index (χ4v) is 3.22. The minimum atomic E-state index is -0.200. The van der Waals surface area contributed by atoms with E-state index in [-0.39, 0.29) is 18.1 Å². The summed E-state index contributed by atoms with van der Waals surface area (Å²) in [5.74, 6) is 0.231. The number of carbonyl (C=O) groups is 1. The third-order valence-corrected chi connectivity index (χ3v) is 4.35. The van der Waals surface area contributed by atoms with Crippen molar-refractivity contribution in [3.63, 3.8) is 0 Å². The second-order valence-electron chi connectivity index (χ2n) is 5.73. The second kappa shape index (κ2) is 5.54. The zero-order valence-corrected chi connectivity index (χ0v) is 11.8. The van der Waals surface area contributed by atoms with Crippen molar-refractivity contribution in [3.05, 3.63) is 17.5 Å². The number of rotatable bonds is 2. The Hall–Kier alpha value is -1.40. The van der Waals surface area contributed by atoms with Crippen molar-refractivity contribution in [2.45, 2.75) is 38.3 Å². The Kier molecular flexibility index (Phi) is 3.76. The number of aliphatic hydroxyl groups is 1. The molecule has 1 aromatic heterocycles. The third-order valence-electron chi connectivity index (χ3n) is 4.35. The molecule has 1 saturated carbocycles. The number of hydrogen-bond acceptors (Lipinski definition) is 5. The summed E-state index contributed by atoms with van der Waals surface area (Å²) in [6.07, 6.45) is 2.87. The summed E-state index contributed by atoms with van der Waals surface area (Å²) in [7, 11) is 0. The van der Waals surface area contributed by atoms with E-state index in [1.54, 1.807) is 17.9 Å². The summed E-state index contributed by atoms with van der Waals surface area (Å²) >= 11 is 0. The Bertz CT molecular complexity index is 480. The van der Waals surface area contributed by atoms with Crippen molar-refractivity contribution in [1.29, 1.82) is 0 Å². The summed E-state index contributed by atoms with van der Waals surface area (Å²) in [6.45, 7) is 4.81. The quantitative estimate of drug-likeness (QED) is 0.861. The first kappa shape index (κ1) is 13.6. The van der Waals surface area contributed by atoms with Gasteiger partial charge < -0.3 is 14.5 Å². The SMILES string of the molecule is Cc1cc(C(=O)N2CCN([C@@H]3CCC[C@@H]3O)CC2)on1. The molecule has 2 heterocycles. The zero-order chi connectivity index (χ0) is 14.1. The highest BCUT2D eigenvalue weighted by Gasteiger charge is 2.33. The second-order valence-corrected chi connectivity index (χ2v) is 5.73. The van der Waals surface area contributed by atoms with E-state index in [0.29, 0.717) is 18.8 Å². The standard InChI is InChI=1S/C14H21N3O3/c1-10-9-13(20-15-10)14(19)17-7-5-16(6-8-17)11-3-2-4-12(11)18/h9,11-12,18H,2-8H2,1H3/t11-,12+/m1/s1. The van der Waals surface area contributed by atoms with Crippen LogP contribution in [0.1, 0.15) is 35.5 Å². The summed E-state index contributed by atoms with van der Waals surface area (Å²) in [5.41, 5.74) is 0.723. The van der Waals surface area contributed by atoms with E-state index in [2.05, 4.69) is 10.1 Å². The van der Waals surface area contributed by atoms with Gasteiger partial charge in [-0.3, -0.25) is 9.69 Å². The van der Waals surface area contributed by atoms with Gasteiger partial charge in [0, 0.05) is 38.3 Å². The molecule has 0 spiro atoms. The molecule has 2 atom stereocenters. The highest BCUT2D eigenvalue weighted by atomic mass is 16.5. The first-order chi connectivity index (χ1) is 9.65. The molecule has 1 aliphatic heterocycles. The van der Waals surface area contributed by atoms with Gasteiger partial charge in [0.1, 0.15) is 0 Å². The zero-order valence-electron chi connectivity index (χ0n) is 11.8. The van der Waals surface area contributed by atoms with Gasteiger partial charge in [0.2, 0.25) is 5.76 Å². The molecule has 2 aliphatic rings. The molecule has 20 heavy (non-hydrogen) atoms. The molecule has 110 valence electrons. The van der Waals surface area contributed by atoms with E-state index < -0.39 is 0 Å². The Morgan fingerprint density at radius 2 is 2.10 bits per heavy atom. The van der Waals surface area contributed by atoms with Crippen LogP contribution < -0.4 is 0 Å². The lowest BCUT2D eigenvalue weighted by Crippen LogP contribution is -2.53. The number of carbonyl (C=O) groups excluding carboxylic acids is 1. The van der Waals surface area contributed by atoms with E-state index in [1.165, 1.54) is 0 Å². The molecular formula is C14H21N3O3. The van der Waals surface area contributed by atoms with E-state index in [1.807, 2.05) is 0 Å². The molecule has 2 fully saturated rings. The van der Waals surface area contributed by atoms with Crippen molar-refractivity contribution < 1.29 is 14.4 Å². The van der Waals surface area contributed by atoms with Crippen LogP contribution in [0, 0.1) is 6.92 Å². The maximum absolute atomic E-state index is 12.2. The van der Waals surface area contributed by atoms with Crippen molar-refractivity contribution in [3.8, 4) is 0 Å². The van der Waals surface area contributed by atoms with Gasteiger partial charge in [-0.1, -0.05) is 5.16 Å². The first-order valence-corrected chi connectivity index (χ1v) is 7.30. The van der Waals surface area contributed by atoms with Crippen LogP contribution in [0.2, 0.25) is 0 Å². The monoisotopic (exact) mass is 279 g/mol. The van der Waals surface area contributed by atoms with Crippen LogP contribution in [0.4, 0.5) is 0 Å². The third kappa shape index (κ3) is 2.58. The Balaban J connectivity index is 1.57. The Labute approximate surface area is 118 Å². The van der Waals surface area contributed by atoms with Gasteiger partial charge in [-0.15, -0.1) is 0 Å². The van der Waals surface area contributed by atoms with Gasteiger partial charge in [0.15, 0.2) is 0 Å². The summed E-state index contributed by atoms with van der Waals surface area (Å²) in [5, 5.41) is 13.7. The highest BCUT2D eigenvalue weighted by molar-refractivity contribution is 5.91. The van der Waals surface area contributed by atoms with E-state index >= 15 is 0 Å². The molecular weight excluding hydrogens is 258 g/mol. The summed E-state index contributed by atoms with van der Waals surface area (Å²) in [4.78, 5) is 16.3. The van der Waals surface area contributed by atoms with E-state index in [4.69, 9.17) is 4.52 Å². The predicted octanol–water partition coefficient (Wildman–Crippen LogP) is 0.654. The van der Waals surface area contributed by atoms with E-state index in [9.17, 15) is 9.90 Å². The minimum Gasteiger partial charge on any atom is -0.391 e. The molecule has 6 heteroatoms. The van der Waals surface area contributed by atoms with Crippen molar-refractivity contribution in [1.82, 2.24) is 15.0 Å². The predicted molar refractivity (Wildman–Crippen MR) is 72.4 cm³/mol. The number of hydrogen-bond donors (Lipinski definition) is 1. The van der Waals surface area contributed by atoms with Gasteiger partial charge >= 0.3 is 0 Å². The minimum absolute atomic E-state index is 0.0859. The van der Waals surface area contributed by atoms with Crippen molar-refractivity contribution in [2.75, 3.05) is 26.2 Å². The van der Waals surface area contributed by atoms with Crippen LogP contribution in [0.15, 0.2) is 10.6 Å². The molecule has 0 radical (unpaired) electrons. The normalized spacial score (nSPS) is 28.0. The Morgan fingerprint density at radius 1 is 1.35 bits per heavy atom. The molecule has 3 rings (SSSR count). The van der Waals surface area contributed by atoms with Gasteiger partial charge in [-0.05, 0) is 26.2 Å². The van der Waals surface area contributed by atoms with Crippen LogP contribution in [0.5, 0.6) is 0 Å². The number of nitrogens with zero attached hydrogens (tertiary/aromatic N) is 3.